The second kappa shape index (κ2) is 8.11. The number of nitrogens with one attached hydrogen (secondary N) is 1. The average Bonchev–Trinajstić information content (AvgIpc) is 2.76. The molecule has 1 fully saturated rings. The highest BCUT2D eigenvalue weighted by molar-refractivity contribution is 4.86. The lowest BCUT2D eigenvalue weighted by Crippen LogP contribution is -2.32. The zero-order chi connectivity index (χ0) is 11.7. The van der Waals surface area contributed by atoms with Crippen molar-refractivity contribution in [1.29, 1.82) is 0 Å². The Kier molecular flexibility index (Phi) is 7.11. The molecule has 0 amide bonds. The second-order valence-corrected chi connectivity index (χ2v) is 5.65. The van der Waals surface area contributed by atoms with E-state index in [0.717, 1.165) is 6.54 Å². The van der Waals surface area contributed by atoms with Gasteiger partial charge in [-0.05, 0) is 31.2 Å². The van der Waals surface area contributed by atoms with Gasteiger partial charge < -0.3 is 5.32 Å². The van der Waals surface area contributed by atoms with E-state index in [-0.39, 0.29) is 0 Å². The van der Waals surface area contributed by atoms with Gasteiger partial charge in [0.1, 0.15) is 0 Å². The van der Waals surface area contributed by atoms with Crippen LogP contribution in [-0.4, -0.2) is 13.1 Å². The van der Waals surface area contributed by atoms with Gasteiger partial charge in [-0.3, -0.25) is 0 Å². The van der Waals surface area contributed by atoms with Gasteiger partial charge in [0.05, 0.1) is 0 Å². The van der Waals surface area contributed by atoms with Gasteiger partial charge in [0.2, 0.25) is 0 Å². The SMILES string of the molecule is CCCCCCCC1(CNCC)CCCC1. The number of hydrogen-bond acceptors (Lipinski definition) is 1. The maximum atomic E-state index is 3.58. The van der Waals surface area contributed by atoms with Crippen molar-refractivity contribution < 1.29 is 0 Å². The van der Waals surface area contributed by atoms with Gasteiger partial charge in [0.25, 0.3) is 0 Å². The Labute approximate surface area is 102 Å². The van der Waals surface area contributed by atoms with Crippen LogP contribution in [0.4, 0.5) is 0 Å². The van der Waals surface area contributed by atoms with E-state index < -0.39 is 0 Å². The molecule has 0 spiro atoms. The monoisotopic (exact) mass is 225 g/mol. The van der Waals surface area contributed by atoms with Crippen molar-refractivity contribution in [3.05, 3.63) is 0 Å². The molecule has 0 aromatic rings. The molecule has 0 heterocycles. The number of unbranched alkanes of at least 4 members (excludes halogenated alkanes) is 4. The maximum absolute atomic E-state index is 3.58. The predicted octanol–water partition coefficient (Wildman–Crippen LogP) is 4.52. The van der Waals surface area contributed by atoms with Crippen molar-refractivity contribution in [2.75, 3.05) is 13.1 Å². The summed E-state index contributed by atoms with van der Waals surface area (Å²) < 4.78 is 0. The molecule has 0 aliphatic heterocycles. The highest BCUT2D eigenvalue weighted by atomic mass is 14.9. The molecule has 1 heteroatoms. The summed E-state index contributed by atoms with van der Waals surface area (Å²) in [6, 6.07) is 0. The third-order valence-electron chi connectivity index (χ3n) is 4.22. The summed E-state index contributed by atoms with van der Waals surface area (Å²) in [6.45, 7) is 6.93. The van der Waals surface area contributed by atoms with Crippen molar-refractivity contribution in [2.45, 2.75) is 78.1 Å². The van der Waals surface area contributed by atoms with E-state index in [0.29, 0.717) is 5.41 Å². The fraction of sp³-hybridized carbons (Fsp3) is 1.00. The van der Waals surface area contributed by atoms with Crippen molar-refractivity contribution >= 4 is 0 Å². The van der Waals surface area contributed by atoms with Gasteiger partial charge in [-0.2, -0.15) is 0 Å². The van der Waals surface area contributed by atoms with Crippen LogP contribution in [0.25, 0.3) is 0 Å². The first-order valence-electron chi connectivity index (χ1n) is 7.54. The van der Waals surface area contributed by atoms with Gasteiger partial charge in [-0.15, -0.1) is 0 Å². The van der Waals surface area contributed by atoms with Gasteiger partial charge in [-0.25, -0.2) is 0 Å². The summed E-state index contributed by atoms with van der Waals surface area (Å²) in [5.74, 6) is 0. The van der Waals surface area contributed by atoms with Crippen LogP contribution in [-0.2, 0) is 0 Å². The van der Waals surface area contributed by atoms with E-state index in [1.165, 1.54) is 70.8 Å². The Morgan fingerprint density at radius 1 is 0.938 bits per heavy atom. The predicted molar refractivity (Wildman–Crippen MR) is 72.8 cm³/mol. The minimum absolute atomic E-state index is 0.683. The normalized spacial score (nSPS) is 19.1. The second-order valence-electron chi connectivity index (χ2n) is 5.65. The van der Waals surface area contributed by atoms with Gasteiger partial charge in [-0.1, -0.05) is 58.8 Å². The van der Waals surface area contributed by atoms with Crippen molar-refractivity contribution in [1.82, 2.24) is 5.32 Å². The van der Waals surface area contributed by atoms with Crippen LogP contribution in [0.1, 0.15) is 78.1 Å². The Bertz CT molecular complexity index is 159. The molecule has 0 radical (unpaired) electrons. The molecule has 0 aromatic carbocycles. The van der Waals surface area contributed by atoms with Crippen LogP contribution in [0.15, 0.2) is 0 Å². The van der Waals surface area contributed by atoms with Crippen LogP contribution >= 0.6 is 0 Å². The fourth-order valence-electron chi connectivity index (χ4n) is 3.13. The highest BCUT2D eigenvalue weighted by Crippen LogP contribution is 2.41. The van der Waals surface area contributed by atoms with Crippen molar-refractivity contribution in [2.24, 2.45) is 5.41 Å². The van der Waals surface area contributed by atoms with E-state index in [2.05, 4.69) is 19.2 Å². The summed E-state index contributed by atoms with van der Waals surface area (Å²) in [6.07, 6.45) is 14.6. The molecule has 1 saturated carbocycles. The third kappa shape index (κ3) is 4.86. The van der Waals surface area contributed by atoms with Gasteiger partial charge in [0, 0.05) is 6.54 Å². The van der Waals surface area contributed by atoms with Crippen LogP contribution in [0.5, 0.6) is 0 Å². The zero-order valence-corrected chi connectivity index (χ0v) is 11.5. The molecule has 0 saturated heterocycles. The Hall–Kier alpha value is -0.0400. The Balaban J connectivity index is 2.17. The average molecular weight is 225 g/mol. The Morgan fingerprint density at radius 2 is 1.62 bits per heavy atom. The molecule has 1 nitrogen and oxygen atoms in total. The first-order chi connectivity index (χ1) is 7.83. The van der Waals surface area contributed by atoms with E-state index in [1.54, 1.807) is 0 Å². The first-order valence-corrected chi connectivity index (χ1v) is 7.54. The molecule has 0 atom stereocenters. The smallest absolute Gasteiger partial charge is 0.000769 e. The molecule has 1 rings (SSSR count). The highest BCUT2D eigenvalue weighted by Gasteiger charge is 2.32. The molecule has 0 unspecified atom stereocenters. The molecular formula is C15H31N. The molecule has 1 aliphatic rings. The van der Waals surface area contributed by atoms with Crippen LogP contribution < -0.4 is 5.32 Å². The molecule has 1 aliphatic carbocycles. The van der Waals surface area contributed by atoms with Gasteiger partial charge >= 0.3 is 0 Å². The third-order valence-corrected chi connectivity index (χ3v) is 4.22. The number of rotatable bonds is 9. The van der Waals surface area contributed by atoms with E-state index in [4.69, 9.17) is 0 Å². The lowest BCUT2D eigenvalue weighted by atomic mass is 9.80. The van der Waals surface area contributed by atoms with E-state index >= 15 is 0 Å². The Morgan fingerprint density at radius 3 is 2.25 bits per heavy atom. The molecule has 0 aromatic heterocycles. The summed E-state index contributed by atoms with van der Waals surface area (Å²) in [4.78, 5) is 0. The quantitative estimate of drug-likeness (QED) is 0.569. The standard InChI is InChI=1S/C15H31N/c1-3-5-6-7-8-11-15(14-16-4-2)12-9-10-13-15/h16H,3-14H2,1-2H3. The summed E-state index contributed by atoms with van der Waals surface area (Å²) in [5, 5.41) is 3.58. The minimum atomic E-state index is 0.683. The molecule has 1 N–H and O–H groups in total. The molecule has 96 valence electrons. The lowest BCUT2D eigenvalue weighted by molar-refractivity contribution is 0.249. The van der Waals surface area contributed by atoms with Crippen LogP contribution in [0.3, 0.4) is 0 Å². The molecule has 0 bridgehead atoms. The summed E-state index contributed by atoms with van der Waals surface area (Å²) in [7, 11) is 0. The summed E-state index contributed by atoms with van der Waals surface area (Å²) in [5.41, 5.74) is 0.683. The maximum Gasteiger partial charge on any atom is 0.000769 e. The van der Waals surface area contributed by atoms with E-state index in [1.807, 2.05) is 0 Å². The first kappa shape index (κ1) is 14.0. The molecular weight excluding hydrogens is 194 g/mol. The fourth-order valence-corrected chi connectivity index (χ4v) is 3.13. The topological polar surface area (TPSA) is 12.0 Å². The number of hydrogen-bond donors (Lipinski definition) is 1. The van der Waals surface area contributed by atoms with Crippen LogP contribution in [0, 0.1) is 5.41 Å². The van der Waals surface area contributed by atoms with Gasteiger partial charge in [0.15, 0.2) is 0 Å². The van der Waals surface area contributed by atoms with Crippen molar-refractivity contribution in [3.63, 3.8) is 0 Å². The summed E-state index contributed by atoms with van der Waals surface area (Å²) >= 11 is 0. The van der Waals surface area contributed by atoms with Crippen molar-refractivity contribution in [3.8, 4) is 0 Å². The largest absolute Gasteiger partial charge is 0.316 e. The molecule has 16 heavy (non-hydrogen) atoms. The zero-order valence-electron chi connectivity index (χ0n) is 11.5. The lowest BCUT2D eigenvalue weighted by Gasteiger charge is -2.29. The van der Waals surface area contributed by atoms with E-state index in [9.17, 15) is 0 Å². The minimum Gasteiger partial charge on any atom is -0.316 e. The van der Waals surface area contributed by atoms with Crippen LogP contribution in [0.2, 0.25) is 0 Å².